The zero-order valence-corrected chi connectivity index (χ0v) is 7.93. The highest BCUT2D eigenvalue weighted by atomic mass is 32.2. The second-order valence-corrected chi connectivity index (χ2v) is 5.51. The fourth-order valence-corrected chi connectivity index (χ4v) is 1.59. The largest absolute Gasteiger partial charge is 0.448 e. The molecule has 3 nitrogen and oxygen atoms in total. The zero-order chi connectivity index (χ0) is 8.27. The maximum atomic E-state index is 10.9. The van der Waals surface area contributed by atoms with E-state index in [0.717, 1.165) is 18.8 Å². The smallest absolute Gasteiger partial charge is 0.409 e. The van der Waals surface area contributed by atoms with Gasteiger partial charge in [-0.1, -0.05) is 0 Å². The van der Waals surface area contributed by atoms with E-state index in [4.69, 9.17) is 4.74 Å². The maximum absolute atomic E-state index is 10.9. The molecular formula is C7H15NO2S. The van der Waals surface area contributed by atoms with Crippen molar-refractivity contribution in [2.45, 2.75) is 0 Å². The molecule has 1 aliphatic rings. The van der Waals surface area contributed by atoms with Crippen molar-refractivity contribution >= 4 is 17.0 Å². The first-order valence-electron chi connectivity index (χ1n) is 3.76. The minimum atomic E-state index is -0.137. The second-order valence-electron chi connectivity index (χ2n) is 2.90. The molecule has 0 atom stereocenters. The lowest BCUT2D eigenvalue weighted by Crippen LogP contribution is -2.27. The number of rotatable bonds is 3. The predicted molar refractivity (Wildman–Crippen MR) is 48.6 cm³/mol. The Morgan fingerprint density at radius 2 is 2.36 bits per heavy atom. The summed E-state index contributed by atoms with van der Waals surface area (Å²) in [5.74, 6) is 1.13. The van der Waals surface area contributed by atoms with Crippen molar-refractivity contribution in [2.75, 3.05) is 38.0 Å². The van der Waals surface area contributed by atoms with Crippen LogP contribution in [-0.2, 0) is 4.74 Å². The summed E-state index contributed by atoms with van der Waals surface area (Å²) in [6, 6.07) is 0. The molecule has 1 amide bonds. The molecule has 0 aromatic rings. The van der Waals surface area contributed by atoms with Gasteiger partial charge in [-0.05, 0) is 18.3 Å². The Labute approximate surface area is 70.0 Å². The summed E-state index contributed by atoms with van der Waals surface area (Å²) in [5, 5.41) is 0. The van der Waals surface area contributed by atoms with Gasteiger partial charge in [0.25, 0.3) is 0 Å². The molecule has 11 heavy (non-hydrogen) atoms. The van der Waals surface area contributed by atoms with Crippen molar-refractivity contribution in [2.24, 2.45) is 0 Å². The minimum Gasteiger partial charge on any atom is -0.448 e. The molecule has 0 unspecified atom stereocenters. The van der Waals surface area contributed by atoms with Crippen LogP contribution in [0.4, 0.5) is 4.79 Å². The SMILES string of the molecule is C[SH](C)CCN1CCOC1=O. The van der Waals surface area contributed by atoms with Crippen LogP contribution in [0.1, 0.15) is 0 Å². The Hall–Kier alpha value is -0.380. The van der Waals surface area contributed by atoms with Gasteiger partial charge in [0.2, 0.25) is 0 Å². The van der Waals surface area contributed by atoms with Crippen LogP contribution in [0.3, 0.4) is 0 Å². The van der Waals surface area contributed by atoms with Gasteiger partial charge in [0.15, 0.2) is 0 Å². The molecule has 1 rings (SSSR count). The van der Waals surface area contributed by atoms with Crippen LogP contribution in [0.5, 0.6) is 0 Å². The topological polar surface area (TPSA) is 29.5 Å². The fourth-order valence-electron chi connectivity index (χ4n) is 0.950. The van der Waals surface area contributed by atoms with Crippen LogP contribution in [0.2, 0.25) is 0 Å². The van der Waals surface area contributed by atoms with E-state index in [0.29, 0.717) is 6.61 Å². The summed E-state index contributed by atoms with van der Waals surface area (Å²) >= 11 is 0. The van der Waals surface area contributed by atoms with Gasteiger partial charge in [0, 0.05) is 6.54 Å². The summed E-state index contributed by atoms with van der Waals surface area (Å²) in [4.78, 5) is 12.7. The van der Waals surface area contributed by atoms with Gasteiger partial charge in [-0.2, -0.15) is 0 Å². The molecule has 0 aromatic heterocycles. The lowest BCUT2D eigenvalue weighted by molar-refractivity contribution is 0.160. The van der Waals surface area contributed by atoms with Crippen LogP contribution >= 0.6 is 10.9 Å². The number of thiol groups is 1. The molecule has 1 fully saturated rings. The van der Waals surface area contributed by atoms with Crippen molar-refractivity contribution in [3.8, 4) is 0 Å². The van der Waals surface area contributed by atoms with Crippen molar-refractivity contribution in [3.63, 3.8) is 0 Å². The molecule has 66 valence electrons. The van der Waals surface area contributed by atoms with E-state index in [1.54, 1.807) is 4.90 Å². The molecule has 0 spiro atoms. The highest BCUT2D eigenvalue weighted by Gasteiger charge is 2.20. The Morgan fingerprint density at radius 3 is 2.82 bits per heavy atom. The monoisotopic (exact) mass is 177 g/mol. The quantitative estimate of drug-likeness (QED) is 0.643. The van der Waals surface area contributed by atoms with E-state index >= 15 is 0 Å². The first-order chi connectivity index (χ1) is 5.20. The summed E-state index contributed by atoms with van der Waals surface area (Å²) in [6.07, 6.45) is 4.30. The number of ether oxygens (including phenoxy) is 1. The predicted octanol–water partition coefficient (Wildman–Crippen LogP) is 0.699. The van der Waals surface area contributed by atoms with Gasteiger partial charge in [-0.25, -0.2) is 4.79 Å². The van der Waals surface area contributed by atoms with Gasteiger partial charge < -0.3 is 9.64 Å². The molecule has 0 N–H and O–H groups in total. The highest BCUT2D eigenvalue weighted by Crippen LogP contribution is 2.14. The van der Waals surface area contributed by atoms with Crippen molar-refractivity contribution in [1.82, 2.24) is 4.90 Å². The normalized spacial score (nSPS) is 18.5. The van der Waals surface area contributed by atoms with Gasteiger partial charge in [-0.3, -0.25) is 10.9 Å². The summed E-state index contributed by atoms with van der Waals surface area (Å²) in [6.45, 7) is 2.23. The molecular weight excluding hydrogens is 162 g/mol. The maximum Gasteiger partial charge on any atom is 0.409 e. The number of nitrogens with zero attached hydrogens (tertiary/aromatic N) is 1. The molecule has 0 saturated carbocycles. The van der Waals surface area contributed by atoms with Crippen molar-refractivity contribution in [3.05, 3.63) is 0 Å². The third-order valence-electron chi connectivity index (χ3n) is 1.66. The number of cyclic esters (lactones) is 1. The molecule has 1 saturated heterocycles. The average Bonchev–Trinajstić information content (AvgIpc) is 2.31. The van der Waals surface area contributed by atoms with Gasteiger partial charge in [0.1, 0.15) is 6.61 Å². The molecule has 4 heteroatoms. The fraction of sp³-hybridized carbons (Fsp3) is 0.857. The lowest BCUT2D eigenvalue weighted by atomic mass is 10.6. The van der Waals surface area contributed by atoms with Crippen LogP contribution < -0.4 is 0 Å². The van der Waals surface area contributed by atoms with Crippen LogP contribution in [0, 0.1) is 0 Å². The average molecular weight is 177 g/mol. The molecule has 0 bridgehead atoms. The number of carbonyl (C=O) groups excluding carboxylic acids is 1. The number of hydrogen-bond donors (Lipinski definition) is 1. The summed E-state index contributed by atoms with van der Waals surface area (Å²) < 4.78 is 4.79. The molecule has 1 aliphatic heterocycles. The van der Waals surface area contributed by atoms with Crippen molar-refractivity contribution in [1.29, 1.82) is 0 Å². The molecule has 0 aromatic carbocycles. The molecule has 0 aliphatic carbocycles. The number of hydrogen-bond acceptors (Lipinski definition) is 2. The standard InChI is InChI=1S/C7H15NO2S/c1-11(2)6-4-8-3-5-10-7(8)9/h11H,3-6H2,1-2H3. The van der Waals surface area contributed by atoms with E-state index in [9.17, 15) is 4.79 Å². The Bertz CT molecular complexity index is 149. The highest BCUT2D eigenvalue weighted by molar-refractivity contribution is 8.15. The second kappa shape index (κ2) is 3.85. The van der Waals surface area contributed by atoms with Crippen LogP contribution in [-0.4, -0.2) is 49.0 Å². The molecule has 0 radical (unpaired) electrons. The zero-order valence-electron chi connectivity index (χ0n) is 7.04. The minimum absolute atomic E-state index is 0.115. The summed E-state index contributed by atoms with van der Waals surface area (Å²) in [7, 11) is 0.115. The van der Waals surface area contributed by atoms with Crippen LogP contribution in [0.15, 0.2) is 0 Å². The van der Waals surface area contributed by atoms with Crippen LogP contribution in [0.25, 0.3) is 0 Å². The third kappa shape index (κ3) is 2.61. The number of amides is 1. The first kappa shape index (κ1) is 8.71. The van der Waals surface area contributed by atoms with E-state index in [-0.39, 0.29) is 17.0 Å². The molecule has 1 heterocycles. The lowest BCUT2D eigenvalue weighted by Gasteiger charge is -2.15. The van der Waals surface area contributed by atoms with Gasteiger partial charge in [0.05, 0.1) is 6.54 Å². The Balaban J connectivity index is 2.20. The van der Waals surface area contributed by atoms with E-state index in [1.165, 1.54) is 0 Å². The Kier molecular flexibility index (Phi) is 3.05. The third-order valence-corrected chi connectivity index (χ3v) is 2.76. The summed E-state index contributed by atoms with van der Waals surface area (Å²) in [5.41, 5.74) is 0. The van der Waals surface area contributed by atoms with Gasteiger partial charge >= 0.3 is 6.09 Å². The number of carbonyl (C=O) groups is 1. The van der Waals surface area contributed by atoms with E-state index < -0.39 is 0 Å². The Morgan fingerprint density at radius 1 is 1.64 bits per heavy atom. The van der Waals surface area contributed by atoms with Gasteiger partial charge in [-0.15, -0.1) is 0 Å². The van der Waals surface area contributed by atoms with Crippen molar-refractivity contribution < 1.29 is 9.53 Å². The van der Waals surface area contributed by atoms with E-state index in [2.05, 4.69) is 12.5 Å². The first-order valence-corrected chi connectivity index (χ1v) is 6.18. The van der Waals surface area contributed by atoms with E-state index in [1.807, 2.05) is 0 Å².